The lowest BCUT2D eigenvalue weighted by Gasteiger charge is -2.28. The molecule has 0 bridgehead atoms. The van der Waals surface area contributed by atoms with E-state index in [1.807, 2.05) is 0 Å². The molecule has 1 aliphatic rings. The van der Waals surface area contributed by atoms with Crippen LogP contribution in [-0.4, -0.2) is 24.5 Å². The molecule has 0 amide bonds. The summed E-state index contributed by atoms with van der Waals surface area (Å²) in [6, 6.07) is 0.638. The van der Waals surface area contributed by atoms with Crippen LogP contribution in [0, 0.1) is 17.8 Å². The van der Waals surface area contributed by atoms with Gasteiger partial charge in [0.1, 0.15) is 0 Å². The molecule has 0 saturated heterocycles. The second kappa shape index (κ2) is 2.87. The highest BCUT2D eigenvalue weighted by molar-refractivity contribution is 4.99. The highest BCUT2D eigenvalue weighted by Crippen LogP contribution is 2.49. The second-order valence-corrected chi connectivity index (χ2v) is 3.95. The third-order valence-electron chi connectivity index (χ3n) is 3.05. The lowest BCUT2D eigenvalue weighted by molar-refractivity contribution is 0.206. The molecule has 1 fully saturated rings. The van der Waals surface area contributed by atoms with E-state index in [0.29, 0.717) is 11.5 Å². The predicted molar refractivity (Wildman–Crippen MR) is 48.3 cm³/mol. The summed E-state index contributed by atoms with van der Waals surface area (Å²) in [5.41, 5.74) is 0.561. The Morgan fingerprint density at radius 2 is 2.18 bits per heavy atom. The number of nitrogens with zero attached hydrogens (tertiary/aromatic N) is 1. The van der Waals surface area contributed by atoms with Crippen LogP contribution < -0.4 is 0 Å². The molecule has 11 heavy (non-hydrogen) atoms. The zero-order valence-electron chi connectivity index (χ0n) is 7.72. The standard InChI is InChI=1S/C10H17N/c1-5-8-11(4)9(2)10(3)6-7-10/h1,9H,6-8H2,2-4H3. The summed E-state index contributed by atoms with van der Waals surface area (Å²) in [6.07, 6.45) is 7.97. The third kappa shape index (κ3) is 1.75. The van der Waals surface area contributed by atoms with Crippen molar-refractivity contribution in [3.8, 4) is 12.3 Å². The van der Waals surface area contributed by atoms with Crippen LogP contribution in [0.25, 0.3) is 0 Å². The van der Waals surface area contributed by atoms with Crippen molar-refractivity contribution in [1.82, 2.24) is 4.90 Å². The van der Waals surface area contributed by atoms with Crippen LogP contribution in [0.3, 0.4) is 0 Å². The van der Waals surface area contributed by atoms with Crippen molar-refractivity contribution in [2.45, 2.75) is 32.7 Å². The zero-order valence-corrected chi connectivity index (χ0v) is 7.72. The van der Waals surface area contributed by atoms with Crippen LogP contribution in [0.5, 0.6) is 0 Å². The van der Waals surface area contributed by atoms with Gasteiger partial charge in [0, 0.05) is 6.04 Å². The van der Waals surface area contributed by atoms with Crippen LogP contribution in [0.15, 0.2) is 0 Å². The minimum absolute atomic E-state index is 0.561. The van der Waals surface area contributed by atoms with Crippen molar-refractivity contribution in [2.75, 3.05) is 13.6 Å². The zero-order chi connectivity index (χ0) is 8.48. The lowest BCUT2D eigenvalue weighted by atomic mass is 10.00. The summed E-state index contributed by atoms with van der Waals surface area (Å²) in [5, 5.41) is 0. The highest BCUT2D eigenvalue weighted by atomic mass is 15.1. The maximum atomic E-state index is 5.24. The summed E-state index contributed by atoms with van der Waals surface area (Å²) in [4.78, 5) is 2.26. The number of hydrogen-bond donors (Lipinski definition) is 0. The Morgan fingerprint density at radius 1 is 1.64 bits per heavy atom. The van der Waals surface area contributed by atoms with Crippen molar-refractivity contribution in [3.05, 3.63) is 0 Å². The van der Waals surface area contributed by atoms with Gasteiger partial charge in [-0.3, -0.25) is 4.90 Å². The van der Waals surface area contributed by atoms with Gasteiger partial charge in [-0.1, -0.05) is 12.8 Å². The number of rotatable bonds is 3. The summed E-state index contributed by atoms with van der Waals surface area (Å²) in [6.45, 7) is 5.38. The van der Waals surface area contributed by atoms with Crippen LogP contribution in [-0.2, 0) is 0 Å². The van der Waals surface area contributed by atoms with Gasteiger partial charge >= 0.3 is 0 Å². The van der Waals surface area contributed by atoms with Gasteiger partial charge < -0.3 is 0 Å². The molecule has 1 aliphatic carbocycles. The molecule has 0 aliphatic heterocycles. The van der Waals surface area contributed by atoms with Crippen LogP contribution in [0.4, 0.5) is 0 Å². The quantitative estimate of drug-likeness (QED) is 0.555. The molecule has 1 atom stereocenters. The Kier molecular flexibility index (Phi) is 2.25. The van der Waals surface area contributed by atoms with Gasteiger partial charge in [0.15, 0.2) is 0 Å². The smallest absolute Gasteiger partial charge is 0.0598 e. The van der Waals surface area contributed by atoms with Crippen molar-refractivity contribution < 1.29 is 0 Å². The molecular weight excluding hydrogens is 134 g/mol. The molecular formula is C10H17N. The van der Waals surface area contributed by atoms with E-state index in [0.717, 1.165) is 6.54 Å². The molecule has 1 unspecified atom stereocenters. The first-order valence-electron chi connectivity index (χ1n) is 4.24. The van der Waals surface area contributed by atoms with Crippen LogP contribution in [0.2, 0.25) is 0 Å². The van der Waals surface area contributed by atoms with E-state index in [9.17, 15) is 0 Å². The van der Waals surface area contributed by atoms with E-state index in [-0.39, 0.29) is 0 Å². The minimum Gasteiger partial charge on any atom is -0.292 e. The topological polar surface area (TPSA) is 3.24 Å². The first kappa shape index (κ1) is 8.62. The lowest BCUT2D eigenvalue weighted by Crippen LogP contribution is -2.35. The largest absolute Gasteiger partial charge is 0.292 e. The van der Waals surface area contributed by atoms with E-state index in [4.69, 9.17) is 6.42 Å². The summed E-state index contributed by atoms with van der Waals surface area (Å²) < 4.78 is 0. The van der Waals surface area contributed by atoms with E-state index >= 15 is 0 Å². The molecule has 0 aromatic rings. The van der Waals surface area contributed by atoms with Crippen molar-refractivity contribution in [2.24, 2.45) is 5.41 Å². The van der Waals surface area contributed by atoms with E-state index < -0.39 is 0 Å². The van der Waals surface area contributed by atoms with Gasteiger partial charge in [-0.15, -0.1) is 6.42 Å². The second-order valence-electron chi connectivity index (χ2n) is 3.95. The molecule has 0 spiro atoms. The molecule has 1 heteroatoms. The van der Waals surface area contributed by atoms with E-state index in [2.05, 4.69) is 31.7 Å². The number of terminal acetylenes is 1. The first-order valence-corrected chi connectivity index (χ1v) is 4.24. The predicted octanol–water partition coefficient (Wildman–Crippen LogP) is 1.74. The average Bonchev–Trinajstić information content (AvgIpc) is 2.68. The monoisotopic (exact) mass is 151 g/mol. The molecule has 0 N–H and O–H groups in total. The number of hydrogen-bond acceptors (Lipinski definition) is 1. The fourth-order valence-corrected chi connectivity index (χ4v) is 1.43. The van der Waals surface area contributed by atoms with Gasteiger partial charge in [0.05, 0.1) is 6.54 Å². The van der Waals surface area contributed by atoms with Gasteiger partial charge in [-0.25, -0.2) is 0 Å². The molecule has 1 saturated carbocycles. The Hall–Kier alpha value is -0.480. The van der Waals surface area contributed by atoms with E-state index in [1.54, 1.807) is 0 Å². The van der Waals surface area contributed by atoms with Gasteiger partial charge in [0.25, 0.3) is 0 Å². The molecule has 0 radical (unpaired) electrons. The summed E-state index contributed by atoms with van der Waals surface area (Å²) in [5.74, 6) is 2.67. The fraction of sp³-hybridized carbons (Fsp3) is 0.800. The Labute approximate surface area is 69.8 Å². The van der Waals surface area contributed by atoms with E-state index in [1.165, 1.54) is 12.8 Å². The minimum atomic E-state index is 0.561. The Morgan fingerprint density at radius 3 is 2.55 bits per heavy atom. The van der Waals surface area contributed by atoms with Gasteiger partial charge in [-0.2, -0.15) is 0 Å². The SMILES string of the molecule is C#CCN(C)C(C)C1(C)CC1. The molecule has 1 nitrogen and oxygen atoms in total. The normalized spacial score (nSPS) is 22.8. The Bertz CT molecular complexity index is 174. The van der Waals surface area contributed by atoms with Gasteiger partial charge in [-0.05, 0) is 32.2 Å². The highest BCUT2D eigenvalue weighted by Gasteiger charge is 2.43. The first-order chi connectivity index (χ1) is 5.10. The third-order valence-corrected chi connectivity index (χ3v) is 3.05. The summed E-state index contributed by atoms with van der Waals surface area (Å²) in [7, 11) is 2.11. The molecule has 0 aromatic carbocycles. The van der Waals surface area contributed by atoms with Crippen LogP contribution in [0.1, 0.15) is 26.7 Å². The fourth-order valence-electron chi connectivity index (χ4n) is 1.43. The molecule has 62 valence electrons. The maximum Gasteiger partial charge on any atom is 0.0598 e. The van der Waals surface area contributed by atoms with Crippen LogP contribution >= 0.6 is 0 Å². The average molecular weight is 151 g/mol. The van der Waals surface area contributed by atoms with Crippen molar-refractivity contribution in [1.29, 1.82) is 0 Å². The maximum absolute atomic E-state index is 5.24. The molecule has 0 heterocycles. The molecule has 0 aromatic heterocycles. The van der Waals surface area contributed by atoms with Crippen molar-refractivity contribution in [3.63, 3.8) is 0 Å². The summed E-state index contributed by atoms with van der Waals surface area (Å²) >= 11 is 0. The Balaban J connectivity index is 2.41. The van der Waals surface area contributed by atoms with Crippen molar-refractivity contribution >= 4 is 0 Å². The molecule has 1 rings (SSSR count). The van der Waals surface area contributed by atoms with Gasteiger partial charge in [0.2, 0.25) is 0 Å².